The van der Waals surface area contributed by atoms with E-state index in [4.69, 9.17) is 4.74 Å². The van der Waals surface area contributed by atoms with E-state index in [1.54, 1.807) is 11.1 Å². The molecule has 0 N–H and O–H groups in total. The van der Waals surface area contributed by atoms with Crippen LogP contribution in [0.5, 0.6) is 0 Å². The fourth-order valence-electron chi connectivity index (χ4n) is 1.59. The number of rotatable bonds is 5. The lowest BCUT2D eigenvalue weighted by Gasteiger charge is -2.26. The predicted octanol–water partition coefficient (Wildman–Crippen LogP) is 3.29. The van der Waals surface area contributed by atoms with Gasteiger partial charge in [-0.3, -0.25) is 4.68 Å². The normalized spacial score (nSPS) is 11.4. The summed E-state index contributed by atoms with van der Waals surface area (Å²) >= 11 is 3.36. The highest BCUT2D eigenvalue weighted by molar-refractivity contribution is 9.10. The number of amides is 1. The summed E-state index contributed by atoms with van der Waals surface area (Å²) in [6.07, 6.45) is 4.27. The smallest absolute Gasteiger partial charge is 0.410 e. The molecule has 0 atom stereocenters. The molecule has 5 nitrogen and oxygen atoms in total. The molecule has 19 heavy (non-hydrogen) atoms. The van der Waals surface area contributed by atoms with Crippen molar-refractivity contribution in [2.24, 2.45) is 0 Å². The third-order valence-corrected chi connectivity index (χ3v) is 2.86. The van der Waals surface area contributed by atoms with E-state index in [-0.39, 0.29) is 6.09 Å². The molecule has 0 bridgehead atoms. The highest BCUT2D eigenvalue weighted by Gasteiger charge is 2.20. The number of nitrogens with zero attached hydrogens (tertiary/aromatic N) is 3. The number of halogens is 1. The van der Waals surface area contributed by atoms with Crippen molar-refractivity contribution in [1.82, 2.24) is 14.7 Å². The van der Waals surface area contributed by atoms with E-state index < -0.39 is 5.60 Å². The van der Waals surface area contributed by atoms with Crippen molar-refractivity contribution in [2.45, 2.75) is 46.3 Å². The van der Waals surface area contributed by atoms with Crippen LogP contribution in [0.4, 0.5) is 4.79 Å². The Morgan fingerprint density at radius 1 is 1.53 bits per heavy atom. The van der Waals surface area contributed by atoms with Gasteiger partial charge in [-0.1, -0.05) is 0 Å². The van der Waals surface area contributed by atoms with Crippen LogP contribution in [0.3, 0.4) is 0 Å². The molecule has 0 unspecified atom stereocenters. The molecule has 6 heteroatoms. The lowest BCUT2D eigenvalue weighted by atomic mass is 10.2. The first-order valence-electron chi connectivity index (χ1n) is 6.47. The molecule has 0 aliphatic heterocycles. The average molecular weight is 332 g/mol. The van der Waals surface area contributed by atoms with E-state index in [0.717, 1.165) is 17.4 Å². The molecule has 0 saturated heterocycles. The first-order valence-corrected chi connectivity index (χ1v) is 7.27. The second-order valence-corrected chi connectivity index (χ2v) is 6.25. The second kappa shape index (κ2) is 6.93. The maximum atomic E-state index is 11.9. The van der Waals surface area contributed by atoms with Gasteiger partial charge in [-0.25, -0.2) is 4.79 Å². The highest BCUT2D eigenvalue weighted by atomic mass is 79.9. The van der Waals surface area contributed by atoms with Gasteiger partial charge in [-0.15, -0.1) is 0 Å². The van der Waals surface area contributed by atoms with Gasteiger partial charge in [0.1, 0.15) is 5.60 Å². The number of hydrogen-bond donors (Lipinski definition) is 0. The van der Waals surface area contributed by atoms with E-state index in [1.807, 2.05) is 38.6 Å². The van der Waals surface area contributed by atoms with E-state index in [9.17, 15) is 4.79 Å². The molecule has 1 amide bonds. The molecule has 0 radical (unpaired) electrons. The molecule has 0 aliphatic rings. The van der Waals surface area contributed by atoms with Crippen molar-refractivity contribution in [3.8, 4) is 0 Å². The Morgan fingerprint density at radius 2 is 2.21 bits per heavy atom. The Balaban J connectivity index is 2.38. The third kappa shape index (κ3) is 6.09. The molecule has 0 spiro atoms. The van der Waals surface area contributed by atoms with Crippen molar-refractivity contribution < 1.29 is 9.53 Å². The van der Waals surface area contributed by atoms with Crippen molar-refractivity contribution in [3.63, 3.8) is 0 Å². The summed E-state index contributed by atoms with van der Waals surface area (Å²) < 4.78 is 8.17. The van der Waals surface area contributed by atoms with E-state index >= 15 is 0 Å². The molecular formula is C13H22BrN3O2. The van der Waals surface area contributed by atoms with E-state index in [1.165, 1.54) is 0 Å². The summed E-state index contributed by atoms with van der Waals surface area (Å²) in [7, 11) is 0. The van der Waals surface area contributed by atoms with Gasteiger partial charge in [0.15, 0.2) is 0 Å². The highest BCUT2D eigenvalue weighted by Crippen LogP contribution is 2.11. The monoisotopic (exact) mass is 331 g/mol. The second-order valence-electron chi connectivity index (χ2n) is 5.34. The summed E-state index contributed by atoms with van der Waals surface area (Å²) in [5, 5.41) is 4.18. The van der Waals surface area contributed by atoms with Crippen LogP contribution in [0.2, 0.25) is 0 Å². The van der Waals surface area contributed by atoms with Crippen LogP contribution in [-0.2, 0) is 11.3 Å². The number of ether oxygens (including phenoxy) is 1. The fraction of sp³-hybridized carbons (Fsp3) is 0.692. The van der Waals surface area contributed by atoms with E-state index in [2.05, 4.69) is 21.0 Å². The first kappa shape index (κ1) is 16.0. The zero-order chi connectivity index (χ0) is 14.5. The van der Waals surface area contributed by atoms with Crippen LogP contribution in [0, 0.1) is 0 Å². The van der Waals surface area contributed by atoms with Gasteiger partial charge in [0.2, 0.25) is 0 Å². The minimum absolute atomic E-state index is 0.253. The molecule has 108 valence electrons. The van der Waals surface area contributed by atoms with Gasteiger partial charge in [0.05, 0.1) is 10.7 Å². The summed E-state index contributed by atoms with van der Waals surface area (Å²) in [5.74, 6) is 0. The van der Waals surface area contributed by atoms with Crippen molar-refractivity contribution in [2.75, 3.05) is 13.1 Å². The van der Waals surface area contributed by atoms with Crippen LogP contribution < -0.4 is 0 Å². The standard InChI is InChI=1S/C13H22BrN3O2/c1-5-16(12(18)19-13(2,3)4)7-6-8-17-10-11(14)9-15-17/h9-10H,5-8H2,1-4H3. The Bertz CT molecular complexity index is 412. The SMILES string of the molecule is CCN(CCCn1cc(Br)cn1)C(=O)OC(C)(C)C. The molecule has 0 aromatic carbocycles. The topological polar surface area (TPSA) is 47.4 Å². The minimum Gasteiger partial charge on any atom is -0.444 e. The molecule has 0 aliphatic carbocycles. The van der Waals surface area contributed by atoms with Crippen LogP contribution in [-0.4, -0.2) is 39.5 Å². The molecule has 1 aromatic rings. The van der Waals surface area contributed by atoms with Crippen molar-refractivity contribution in [3.05, 3.63) is 16.9 Å². The lowest BCUT2D eigenvalue weighted by Crippen LogP contribution is -2.37. The number of carbonyl (C=O) groups is 1. The largest absolute Gasteiger partial charge is 0.444 e. The lowest BCUT2D eigenvalue weighted by molar-refractivity contribution is 0.0256. The molecule has 1 aromatic heterocycles. The zero-order valence-corrected chi connectivity index (χ0v) is 13.6. The first-order chi connectivity index (χ1) is 8.81. The number of hydrogen-bond acceptors (Lipinski definition) is 3. The van der Waals surface area contributed by atoms with Gasteiger partial charge >= 0.3 is 6.09 Å². The zero-order valence-electron chi connectivity index (χ0n) is 12.0. The molecule has 1 rings (SSSR count). The van der Waals surface area contributed by atoms with Crippen LogP contribution in [0.15, 0.2) is 16.9 Å². The minimum atomic E-state index is -0.447. The van der Waals surface area contributed by atoms with Gasteiger partial charge in [-0.2, -0.15) is 5.10 Å². The molecular weight excluding hydrogens is 310 g/mol. The summed E-state index contributed by atoms with van der Waals surface area (Å²) in [6.45, 7) is 9.68. The van der Waals surface area contributed by atoms with Crippen LogP contribution in [0.25, 0.3) is 0 Å². The third-order valence-electron chi connectivity index (χ3n) is 2.45. The Kier molecular flexibility index (Phi) is 5.85. The maximum Gasteiger partial charge on any atom is 0.410 e. The Morgan fingerprint density at radius 3 is 2.68 bits per heavy atom. The molecule has 0 fully saturated rings. The van der Waals surface area contributed by atoms with Gasteiger partial charge in [0, 0.05) is 25.8 Å². The Hall–Kier alpha value is -1.04. The van der Waals surface area contributed by atoms with Crippen LogP contribution >= 0.6 is 15.9 Å². The molecule has 1 heterocycles. The fourth-order valence-corrected chi connectivity index (χ4v) is 1.92. The van der Waals surface area contributed by atoms with Crippen LogP contribution in [0.1, 0.15) is 34.1 Å². The average Bonchev–Trinajstić information content (AvgIpc) is 2.68. The number of aromatic nitrogens is 2. The molecule has 0 saturated carbocycles. The van der Waals surface area contributed by atoms with E-state index in [0.29, 0.717) is 13.1 Å². The number of aryl methyl sites for hydroxylation is 1. The number of carbonyl (C=O) groups excluding carboxylic acids is 1. The maximum absolute atomic E-state index is 11.9. The predicted molar refractivity (Wildman–Crippen MR) is 78.0 cm³/mol. The summed E-state index contributed by atoms with van der Waals surface area (Å²) in [6, 6.07) is 0. The quantitative estimate of drug-likeness (QED) is 0.831. The summed E-state index contributed by atoms with van der Waals surface area (Å²) in [5.41, 5.74) is -0.447. The van der Waals surface area contributed by atoms with Gasteiger partial charge in [-0.05, 0) is 50.0 Å². The van der Waals surface area contributed by atoms with Gasteiger partial charge in [0.25, 0.3) is 0 Å². The van der Waals surface area contributed by atoms with Gasteiger partial charge < -0.3 is 9.64 Å². The Labute approximate surface area is 123 Å². The van der Waals surface area contributed by atoms with Crippen molar-refractivity contribution in [1.29, 1.82) is 0 Å². The summed E-state index contributed by atoms with van der Waals surface area (Å²) in [4.78, 5) is 13.6. The van der Waals surface area contributed by atoms with Crippen molar-refractivity contribution >= 4 is 22.0 Å².